The Kier molecular flexibility index (Phi) is 5.12. The maximum Gasteiger partial charge on any atom is 0.410 e. The zero-order valence-electron chi connectivity index (χ0n) is 15.8. The monoisotopic (exact) mass is 360 g/mol. The fraction of sp³-hybridized carbons (Fsp3) is 0.600. The summed E-state index contributed by atoms with van der Waals surface area (Å²) >= 11 is 0. The van der Waals surface area contributed by atoms with Crippen molar-refractivity contribution in [1.29, 1.82) is 0 Å². The van der Waals surface area contributed by atoms with E-state index >= 15 is 0 Å². The molecule has 2 aliphatic heterocycles. The second-order valence-electron chi connectivity index (χ2n) is 7.56. The lowest BCUT2D eigenvalue weighted by Crippen LogP contribution is -2.49. The summed E-state index contributed by atoms with van der Waals surface area (Å²) in [6, 6.07) is 5.20. The van der Waals surface area contributed by atoms with Gasteiger partial charge < -0.3 is 19.6 Å². The average Bonchev–Trinajstić information content (AvgIpc) is 2.94. The summed E-state index contributed by atoms with van der Waals surface area (Å²) in [6.45, 7) is 7.64. The molecule has 142 valence electrons. The fourth-order valence-corrected chi connectivity index (χ4v) is 3.96. The van der Waals surface area contributed by atoms with Crippen LogP contribution < -0.4 is 0 Å². The van der Waals surface area contributed by atoms with Gasteiger partial charge >= 0.3 is 6.09 Å². The predicted octanol–water partition coefficient (Wildman–Crippen LogP) is 3.32. The van der Waals surface area contributed by atoms with E-state index in [2.05, 4.69) is 13.8 Å². The van der Waals surface area contributed by atoms with Crippen LogP contribution in [-0.2, 0) is 4.74 Å². The van der Waals surface area contributed by atoms with E-state index in [4.69, 9.17) is 4.74 Å². The van der Waals surface area contributed by atoms with Crippen molar-refractivity contribution >= 4 is 12.0 Å². The molecule has 1 aromatic carbocycles. The van der Waals surface area contributed by atoms with E-state index in [1.807, 2.05) is 4.90 Å². The summed E-state index contributed by atoms with van der Waals surface area (Å²) in [7, 11) is 0. The lowest BCUT2D eigenvalue weighted by atomic mass is 9.90. The molecule has 0 unspecified atom stereocenters. The number of carbonyl (C=O) groups is 2. The minimum Gasteiger partial charge on any atom is -0.508 e. The van der Waals surface area contributed by atoms with E-state index in [1.165, 1.54) is 0 Å². The van der Waals surface area contributed by atoms with Crippen LogP contribution in [-0.4, -0.2) is 58.2 Å². The van der Waals surface area contributed by atoms with Gasteiger partial charge in [0.15, 0.2) is 0 Å². The molecular formula is C20H28N2O4. The lowest BCUT2D eigenvalue weighted by molar-refractivity contribution is 0.00303. The second-order valence-corrected chi connectivity index (χ2v) is 7.56. The number of phenols is 1. The first-order chi connectivity index (χ1) is 12.4. The third kappa shape index (κ3) is 3.37. The molecule has 0 aromatic heterocycles. The summed E-state index contributed by atoms with van der Waals surface area (Å²) in [5.74, 6) is 0.0587. The van der Waals surface area contributed by atoms with Crippen LogP contribution in [0.2, 0.25) is 0 Å². The summed E-state index contributed by atoms with van der Waals surface area (Å²) in [6.07, 6.45) is 3.07. The fourth-order valence-electron chi connectivity index (χ4n) is 3.96. The van der Waals surface area contributed by atoms with Gasteiger partial charge in [-0.1, -0.05) is 19.4 Å². The van der Waals surface area contributed by atoms with E-state index < -0.39 is 5.60 Å². The number of phenolic OH excluding ortho intramolecular Hbond substituents is 1. The molecule has 26 heavy (non-hydrogen) atoms. The topological polar surface area (TPSA) is 70.1 Å². The molecule has 2 saturated heterocycles. The Morgan fingerprint density at radius 2 is 2.04 bits per heavy atom. The number of likely N-dealkylation sites (tertiary alicyclic amines) is 1. The molecule has 0 saturated carbocycles. The van der Waals surface area contributed by atoms with E-state index in [0.29, 0.717) is 43.6 Å². The standard InChI is InChI=1S/C20H28N2O4/c1-4-6-14(2)22-13-20(26-19(22)25)9-11-21(12-10-20)18(24)16-7-5-8-17(23)15(16)3/h5,7-8,14,23H,4,6,9-13H2,1-3H3/t14-/m0/s1. The molecule has 1 aromatic rings. The molecular weight excluding hydrogens is 332 g/mol. The normalized spacial score (nSPS) is 20.3. The van der Waals surface area contributed by atoms with Crippen LogP contribution in [0.1, 0.15) is 55.5 Å². The number of benzene rings is 1. The van der Waals surface area contributed by atoms with Gasteiger partial charge in [0.2, 0.25) is 0 Å². The molecule has 6 nitrogen and oxygen atoms in total. The first kappa shape index (κ1) is 18.5. The number of ether oxygens (including phenoxy) is 1. The van der Waals surface area contributed by atoms with E-state index in [1.54, 1.807) is 30.0 Å². The van der Waals surface area contributed by atoms with Crippen molar-refractivity contribution in [2.75, 3.05) is 19.6 Å². The number of amides is 2. The van der Waals surface area contributed by atoms with Crippen molar-refractivity contribution in [3.8, 4) is 5.75 Å². The molecule has 0 bridgehead atoms. The van der Waals surface area contributed by atoms with Gasteiger partial charge in [0.1, 0.15) is 11.4 Å². The van der Waals surface area contributed by atoms with Crippen molar-refractivity contribution in [2.45, 2.75) is 58.1 Å². The second kappa shape index (κ2) is 7.17. The molecule has 3 rings (SSSR count). The van der Waals surface area contributed by atoms with Crippen molar-refractivity contribution in [3.05, 3.63) is 29.3 Å². The first-order valence-electron chi connectivity index (χ1n) is 9.44. The minimum absolute atomic E-state index is 0.0752. The van der Waals surface area contributed by atoms with Gasteiger partial charge in [-0.25, -0.2) is 4.79 Å². The molecule has 2 heterocycles. The smallest absolute Gasteiger partial charge is 0.410 e. The Labute approximate surface area is 154 Å². The quantitative estimate of drug-likeness (QED) is 0.894. The highest BCUT2D eigenvalue weighted by Crippen LogP contribution is 2.35. The number of carbonyl (C=O) groups excluding carboxylic acids is 2. The van der Waals surface area contributed by atoms with Gasteiger partial charge in [0.25, 0.3) is 5.91 Å². The number of hydrogen-bond donors (Lipinski definition) is 1. The van der Waals surface area contributed by atoms with E-state index in [-0.39, 0.29) is 23.8 Å². The molecule has 1 spiro atoms. The highest BCUT2D eigenvalue weighted by molar-refractivity contribution is 5.96. The van der Waals surface area contributed by atoms with E-state index in [0.717, 1.165) is 12.8 Å². The van der Waals surface area contributed by atoms with Gasteiger partial charge in [0, 0.05) is 43.1 Å². The Morgan fingerprint density at radius 1 is 1.35 bits per heavy atom. The molecule has 1 N–H and O–H groups in total. The number of hydrogen-bond acceptors (Lipinski definition) is 4. The van der Waals surface area contributed by atoms with Crippen molar-refractivity contribution < 1.29 is 19.4 Å². The molecule has 6 heteroatoms. The Hall–Kier alpha value is -2.24. The van der Waals surface area contributed by atoms with Gasteiger partial charge in [-0.3, -0.25) is 4.79 Å². The van der Waals surface area contributed by atoms with Crippen molar-refractivity contribution in [1.82, 2.24) is 9.80 Å². The molecule has 2 aliphatic rings. The van der Waals surface area contributed by atoms with Gasteiger partial charge in [-0.2, -0.15) is 0 Å². The largest absolute Gasteiger partial charge is 0.508 e. The molecule has 1 atom stereocenters. The maximum atomic E-state index is 12.8. The third-order valence-corrected chi connectivity index (χ3v) is 5.73. The van der Waals surface area contributed by atoms with Crippen molar-refractivity contribution in [3.63, 3.8) is 0 Å². The van der Waals surface area contributed by atoms with Crippen LogP contribution in [0.3, 0.4) is 0 Å². The Bertz CT molecular complexity index is 695. The van der Waals surface area contributed by atoms with Gasteiger partial charge in [-0.15, -0.1) is 0 Å². The zero-order valence-corrected chi connectivity index (χ0v) is 15.8. The highest BCUT2D eigenvalue weighted by Gasteiger charge is 2.48. The molecule has 2 fully saturated rings. The summed E-state index contributed by atoms with van der Waals surface area (Å²) < 4.78 is 5.76. The summed E-state index contributed by atoms with van der Waals surface area (Å²) in [5, 5.41) is 9.84. The number of piperidine rings is 1. The predicted molar refractivity (Wildman–Crippen MR) is 98.3 cm³/mol. The zero-order chi connectivity index (χ0) is 18.9. The number of nitrogens with zero attached hydrogens (tertiary/aromatic N) is 2. The molecule has 0 aliphatic carbocycles. The Morgan fingerprint density at radius 3 is 2.69 bits per heavy atom. The molecule has 0 radical (unpaired) electrons. The lowest BCUT2D eigenvalue weighted by Gasteiger charge is -2.37. The number of rotatable bonds is 4. The summed E-state index contributed by atoms with van der Waals surface area (Å²) in [4.78, 5) is 28.7. The van der Waals surface area contributed by atoms with Gasteiger partial charge in [-0.05, 0) is 32.4 Å². The Balaban J connectivity index is 1.65. The van der Waals surface area contributed by atoms with E-state index in [9.17, 15) is 14.7 Å². The summed E-state index contributed by atoms with van der Waals surface area (Å²) in [5.41, 5.74) is 0.663. The van der Waals surface area contributed by atoms with Crippen LogP contribution >= 0.6 is 0 Å². The van der Waals surface area contributed by atoms with Gasteiger partial charge in [0.05, 0.1) is 6.54 Å². The SMILES string of the molecule is CCC[C@H](C)N1CC2(CCN(C(=O)c3cccc(O)c3C)CC2)OC1=O. The van der Waals surface area contributed by atoms with Crippen LogP contribution in [0.15, 0.2) is 18.2 Å². The first-order valence-corrected chi connectivity index (χ1v) is 9.44. The van der Waals surface area contributed by atoms with Crippen LogP contribution in [0, 0.1) is 6.92 Å². The van der Waals surface area contributed by atoms with Crippen molar-refractivity contribution in [2.24, 2.45) is 0 Å². The third-order valence-electron chi connectivity index (χ3n) is 5.73. The maximum absolute atomic E-state index is 12.8. The van der Waals surface area contributed by atoms with Crippen LogP contribution in [0.5, 0.6) is 5.75 Å². The highest BCUT2D eigenvalue weighted by atomic mass is 16.6. The molecule has 2 amide bonds. The van der Waals surface area contributed by atoms with Crippen LogP contribution in [0.4, 0.5) is 4.79 Å². The number of aromatic hydroxyl groups is 1. The van der Waals surface area contributed by atoms with Crippen LogP contribution in [0.25, 0.3) is 0 Å². The average molecular weight is 360 g/mol. The minimum atomic E-state index is -0.469.